The molecule has 0 aliphatic carbocycles. The topological polar surface area (TPSA) is 131 Å². The first-order valence-corrected chi connectivity index (χ1v) is 12.7. The molecule has 9 nitrogen and oxygen atoms in total. The Labute approximate surface area is 215 Å². The number of primary amides is 1. The van der Waals surface area contributed by atoms with Crippen LogP contribution in [0.5, 0.6) is 0 Å². The lowest BCUT2D eigenvalue weighted by Gasteiger charge is -2.35. The zero-order valence-corrected chi connectivity index (χ0v) is 23.1. The Morgan fingerprint density at radius 2 is 1.69 bits per heavy atom. The van der Waals surface area contributed by atoms with Crippen LogP contribution >= 0.6 is 0 Å². The number of carbonyl (C=O) groups is 4. The van der Waals surface area contributed by atoms with E-state index >= 15 is 0 Å². The first-order chi connectivity index (χ1) is 16.7. The van der Waals surface area contributed by atoms with E-state index in [9.17, 15) is 19.2 Å². The molecule has 0 aromatic heterocycles. The highest BCUT2D eigenvalue weighted by Crippen LogP contribution is 2.28. The Bertz CT molecular complexity index is 925. The van der Waals surface area contributed by atoms with Crippen LogP contribution in [0.15, 0.2) is 18.2 Å². The molecule has 0 saturated carbocycles. The van der Waals surface area contributed by atoms with Crippen molar-refractivity contribution in [3.63, 3.8) is 0 Å². The molecule has 0 saturated heterocycles. The highest BCUT2D eigenvalue weighted by atomic mass is 16.6. The second kappa shape index (κ2) is 13.8. The van der Waals surface area contributed by atoms with E-state index in [4.69, 9.17) is 10.5 Å². The zero-order valence-electron chi connectivity index (χ0n) is 23.1. The number of hydrogen-bond donors (Lipinski definition) is 3. The van der Waals surface area contributed by atoms with Crippen LogP contribution < -0.4 is 16.4 Å². The fraction of sp³-hybridized carbons (Fsp3) is 0.630. The predicted octanol–water partition coefficient (Wildman–Crippen LogP) is 3.66. The average molecular weight is 505 g/mol. The first-order valence-electron chi connectivity index (χ1n) is 12.7. The summed E-state index contributed by atoms with van der Waals surface area (Å²) in [5.74, 6) is -1.39. The van der Waals surface area contributed by atoms with Gasteiger partial charge in [0.05, 0.1) is 0 Å². The predicted molar refractivity (Wildman–Crippen MR) is 140 cm³/mol. The molecule has 1 aromatic carbocycles. The third kappa shape index (κ3) is 9.51. The Balaban J connectivity index is 3.45. The summed E-state index contributed by atoms with van der Waals surface area (Å²) < 4.78 is 5.33. The first kappa shape index (κ1) is 30.9. The summed E-state index contributed by atoms with van der Waals surface area (Å²) in [5, 5.41) is 5.62. The van der Waals surface area contributed by atoms with Gasteiger partial charge in [0.25, 0.3) is 0 Å². The van der Waals surface area contributed by atoms with Crippen molar-refractivity contribution in [3.05, 3.63) is 34.9 Å². The summed E-state index contributed by atoms with van der Waals surface area (Å²) in [5.41, 5.74) is 7.16. The van der Waals surface area contributed by atoms with Gasteiger partial charge in [-0.3, -0.25) is 14.4 Å². The van der Waals surface area contributed by atoms with E-state index in [1.165, 1.54) is 4.90 Å². The molecule has 4 N–H and O–H groups in total. The molecular formula is C27H44N4O5. The van der Waals surface area contributed by atoms with Gasteiger partial charge in [0.15, 0.2) is 0 Å². The molecule has 9 heteroatoms. The van der Waals surface area contributed by atoms with Gasteiger partial charge in [-0.25, -0.2) is 4.79 Å². The molecule has 3 atom stereocenters. The number of nitrogens with zero attached hydrogens (tertiary/aromatic N) is 1. The Morgan fingerprint density at radius 1 is 1.06 bits per heavy atom. The van der Waals surface area contributed by atoms with E-state index in [1.807, 2.05) is 45.9 Å². The van der Waals surface area contributed by atoms with Crippen LogP contribution in [0.2, 0.25) is 0 Å². The summed E-state index contributed by atoms with van der Waals surface area (Å²) in [6, 6.07) is 3.56. The van der Waals surface area contributed by atoms with Crippen molar-refractivity contribution in [2.45, 2.75) is 105 Å². The van der Waals surface area contributed by atoms with Crippen molar-refractivity contribution >= 4 is 23.8 Å². The highest BCUT2D eigenvalue weighted by molar-refractivity contribution is 5.92. The van der Waals surface area contributed by atoms with Gasteiger partial charge >= 0.3 is 6.09 Å². The lowest BCUT2D eigenvalue weighted by molar-refractivity contribution is -0.142. The SMILES string of the molecule is CCCC(C)NC(=O)C(c1cccc(C)c1C)N(CC)C(=O)C(CCC(N)=O)NC(=O)OC(C)(C)C. The lowest BCUT2D eigenvalue weighted by atomic mass is 9.94. The van der Waals surface area contributed by atoms with Crippen molar-refractivity contribution in [1.29, 1.82) is 0 Å². The van der Waals surface area contributed by atoms with E-state index in [0.717, 1.165) is 24.0 Å². The van der Waals surface area contributed by atoms with Crippen LogP contribution in [-0.2, 0) is 19.1 Å². The fourth-order valence-corrected chi connectivity index (χ4v) is 4.01. The van der Waals surface area contributed by atoms with Crippen molar-refractivity contribution < 1.29 is 23.9 Å². The number of amides is 4. The largest absolute Gasteiger partial charge is 0.444 e. The maximum Gasteiger partial charge on any atom is 0.408 e. The smallest absolute Gasteiger partial charge is 0.408 e. The maximum atomic E-state index is 13.8. The van der Waals surface area contributed by atoms with Crippen LogP contribution in [0, 0.1) is 13.8 Å². The summed E-state index contributed by atoms with van der Waals surface area (Å²) in [6.07, 6.45) is 0.786. The molecule has 0 aliphatic rings. The molecule has 0 fully saturated rings. The molecule has 1 rings (SSSR count). The average Bonchev–Trinajstić information content (AvgIpc) is 2.75. The minimum Gasteiger partial charge on any atom is -0.444 e. The minimum atomic E-state index is -1.10. The number of nitrogens with two attached hydrogens (primary N) is 1. The lowest BCUT2D eigenvalue weighted by Crippen LogP contribution is -2.53. The van der Waals surface area contributed by atoms with E-state index in [2.05, 4.69) is 10.6 Å². The standard InChI is InChI=1S/C27H44N4O5/c1-9-12-18(4)29-24(33)23(20-14-11-13-17(3)19(20)5)31(10-2)25(34)21(15-16-22(28)32)30-26(35)36-27(6,7)8/h11,13-14,18,21,23H,9-10,12,15-16H2,1-8H3,(H2,28,32)(H,29,33)(H,30,35). The van der Waals surface area contributed by atoms with Crippen molar-refractivity contribution in [2.24, 2.45) is 5.73 Å². The quantitative estimate of drug-likeness (QED) is 0.400. The number of benzene rings is 1. The molecular weight excluding hydrogens is 460 g/mol. The number of aryl methyl sites for hydroxylation is 1. The molecule has 0 aliphatic heterocycles. The van der Waals surface area contributed by atoms with Crippen molar-refractivity contribution in [1.82, 2.24) is 15.5 Å². The number of alkyl carbamates (subject to hydrolysis) is 1. The molecule has 202 valence electrons. The van der Waals surface area contributed by atoms with Crippen LogP contribution in [0.1, 0.15) is 90.0 Å². The van der Waals surface area contributed by atoms with Gasteiger partial charge in [-0.1, -0.05) is 31.5 Å². The molecule has 0 heterocycles. The molecule has 36 heavy (non-hydrogen) atoms. The molecule has 4 amide bonds. The van der Waals surface area contributed by atoms with E-state index in [1.54, 1.807) is 27.7 Å². The molecule has 0 bridgehead atoms. The van der Waals surface area contributed by atoms with Crippen LogP contribution in [0.4, 0.5) is 4.79 Å². The summed E-state index contributed by atoms with van der Waals surface area (Å²) in [7, 11) is 0. The van der Waals surface area contributed by atoms with Gasteiger partial charge in [0.2, 0.25) is 17.7 Å². The van der Waals surface area contributed by atoms with Gasteiger partial charge in [-0.05, 0) is 78.0 Å². The minimum absolute atomic E-state index is 0.0166. The number of rotatable bonds is 12. The molecule has 0 spiro atoms. The number of nitrogens with one attached hydrogen (secondary N) is 2. The molecule has 3 unspecified atom stereocenters. The van der Waals surface area contributed by atoms with Crippen molar-refractivity contribution in [2.75, 3.05) is 6.54 Å². The Hall–Kier alpha value is -3.10. The van der Waals surface area contributed by atoms with E-state index in [0.29, 0.717) is 5.56 Å². The van der Waals surface area contributed by atoms with Gasteiger partial charge in [0, 0.05) is 19.0 Å². The Morgan fingerprint density at radius 3 is 2.22 bits per heavy atom. The summed E-state index contributed by atoms with van der Waals surface area (Å²) in [4.78, 5) is 52.9. The van der Waals surface area contributed by atoms with Crippen LogP contribution in [0.25, 0.3) is 0 Å². The number of carbonyl (C=O) groups excluding carboxylic acids is 4. The zero-order chi connectivity index (χ0) is 27.6. The fourth-order valence-electron chi connectivity index (χ4n) is 4.01. The van der Waals surface area contributed by atoms with Gasteiger partial charge in [-0.2, -0.15) is 0 Å². The normalized spacial score (nSPS) is 13.8. The van der Waals surface area contributed by atoms with Crippen LogP contribution in [0.3, 0.4) is 0 Å². The maximum absolute atomic E-state index is 13.8. The second-order valence-corrected chi connectivity index (χ2v) is 10.2. The summed E-state index contributed by atoms with van der Waals surface area (Å²) >= 11 is 0. The monoisotopic (exact) mass is 504 g/mol. The van der Waals surface area contributed by atoms with Crippen LogP contribution in [-0.4, -0.2) is 52.9 Å². The molecule has 0 radical (unpaired) electrons. The Kier molecular flexibility index (Phi) is 11.9. The van der Waals surface area contributed by atoms with Gasteiger partial charge < -0.3 is 26.0 Å². The number of likely N-dealkylation sites (N-methyl/N-ethyl adjacent to an activating group) is 1. The number of hydrogen-bond acceptors (Lipinski definition) is 5. The third-order valence-corrected chi connectivity index (χ3v) is 5.90. The second-order valence-electron chi connectivity index (χ2n) is 10.2. The van der Waals surface area contributed by atoms with E-state index < -0.39 is 35.6 Å². The highest BCUT2D eigenvalue weighted by Gasteiger charge is 2.36. The van der Waals surface area contributed by atoms with Crippen molar-refractivity contribution in [3.8, 4) is 0 Å². The van der Waals surface area contributed by atoms with Gasteiger partial charge in [0.1, 0.15) is 17.7 Å². The van der Waals surface area contributed by atoms with E-state index in [-0.39, 0.29) is 31.3 Å². The summed E-state index contributed by atoms with van der Waals surface area (Å²) in [6.45, 7) is 15.0. The number of ether oxygens (including phenoxy) is 1. The molecule has 1 aromatic rings. The third-order valence-electron chi connectivity index (χ3n) is 5.90. The van der Waals surface area contributed by atoms with Gasteiger partial charge in [-0.15, -0.1) is 0 Å².